The van der Waals surface area contributed by atoms with Crippen LogP contribution in [0.1, 0.15) is 39.2 Å². The summed E-state index contributed by atoms with van der Waals surface area (Å²) in [6, 6.07) is 30.4. The summed E-state index contributed by atoms with van der Waals surface area (Å²) in [5, 5.41) is 5.66. The molecule has 0 radical (unpaired) electrons. The maximum Gasteiger partial charge on any atom is 0.255 e. The summed E-state index contributed by atoms with van der Waals surface area (Å²) in [7, 11) is 1.57. The van der Waals surface area contributed by atoms with E-state index in [-0.39, 0.29) is 11.8 Å². The van der Waals surface area contributed by atoms with Gasteiger partial charge in [0.1, 0.15) is 11.0 Å². The largest absolute Gasteiger partial charge is 0.497 e. The van der Waals surface area contributed by atoms with Gasteiger partial charge in [0.2, 0.25) is 5.91 Å². The van der Waals surface area contributed by atoms with Crippen molar-refractivity contribution in [1.29, 1.82) is 0 Å². The Balaban J connectivity index is 1.51. The molecule has 4 aromatic rings. The van der Waals surface area contributed by atoms with Crippen molar-refractivity contribution < 1.29 is 14.3 Å². The lowest BCUT2D eigenvalue weighted by Gasteiger charge is -2.20. The fourth-order valence-electron chi connectivity index (χ4n) is 4.01. The Morgan fingerprint density at radius 3 is 2.30 bits per heavy atom. The van der Waals surface area contributed by atoms with Gasteiger partial charge in [0.05, 0.1) is 7.11 Å². The number of para-hydroxylation sites is 1. The Bertz CT molecular complexity index is 1370. The molecule has 4 aromatic carbocycles. The molecule has 4 rings (SSSR count). The summed E-state index contributed by atoms with van der Waals surface area (Å²) in [6.07, 6.45) is 0.837. The number of carbonyl (C=O) groups is 2. The number of nitrogens with one attached hydrogen (secondary N) is 2. The highest BCUT2D eigenvalue weighted by molar-refractivity contribution is 8.00. The van der Waals surface area contributed by atoms with Crippen molar-refractivity contribution in [2.24, 2.45) is 0 Å². The van der Waals surface area contributed by atoms with E-state index in [2.05, 4.69) is 17.6 Å². The highest BCUT2D eigenvalue weighted by atomic mass is 32.2. The van der Waals surface area contributed by atoms with Crippen molar-refractivity contribution in [2.75, 3.05) is 17.7 Å². The van der Waals surface area contributed by atoms with E-state index in [1.54, 1.807) is 31.4 Å². The molecule has 37 heavy (non-hydrogen) atoms. The van der Waals surface area contributed by atoms with Crippen LogP contribution in [-0.4, -0.2) is 18.9 Å². The molecule has 0 aliphatic rings. The third kappa shape index (κ3) is 6.60. The van der Waals surface area contributed by atoms with Gasteiger partial charge >= 0.3 is 0 Å². The molecule has 0 saturated carbocycles. The first-order valence-electron chi connectivity index (χ1n) is 12.1. The maximum absolute atomic E-state index is 13.6. The van der Waals surface area contributed by atoms with E-state index in [0.29, 0.717) is 17.0 Å². The standard InChI is InChI=1S/C31H30N2O3S/c1-4-22-13-8-10-21(2)28(22)33-31(35)29(23-11-6-5-7-12-23)37-27-18-16-25(17-19-27)32-30(34)24-14-9-15-26(20-24)36-3/h5-20,29H,4H2,1-3H3,(H,32,34)(H,33,35). The maximum atomic E-state index is 13.6. The molecule has 1 unspecified atom stereocenters. The molecular formula is C31H30N2O3S. The lowest BCUT2D eigenvalue weighted by atomic mass is 10.1. The minimum absolute atomic E-state index is 0.0735. The SMILES string of the molecule is CCc1cccc(C)c1NC(=O)C(Sc1ccc(NC(=O)c2cccc(OC)c2)cc1)c1ccccc1. The number of ether oxygens (including phenoxy) is 1. The van der Waals surface area contributed by atoms with E-state index >= 15 is 0 Å². The number of benzene rings is 4. The molecule has 2 N–H and O–H groups in total. The second-order valence-corrected chi connectivity index (χ2v) is 9.75. The average Bonchev–Trinajstić information content (AvgIpc) is 2.94. The second-order valence-electron chi connectivity index (χ2n) is 8.57. The molecule has 0 saturated heterocycles. The van der Waals surface area contributed by atoms with Gasteiger partial charge in [0, 0.05) is 21.8 Å². The number of carbonyl (C=O) groups excluding carboxylic acids is 2. The van der Waals surface area contributed by atoms with Gasteiger partial charge in [-0.25, -0.2) is 0 Å². The van der Waals surface area contributed by atoms with Gasteiger partial charge in [-0.3, -0.25) is 9.59 Å². The Morgan fingerprint density at radius 1 is 0.865 bits per heavy atom. The summed E-state index contributed by atoms with van der Waals surface area (Å²) in [6.45, 7) is 4.10. The van der Waals surface area contributed by atoms with Crippen LogP contribution >= 0.6 is 11.8 Å². The Hall–Kier alpha value is -4.03. The van der Waals surface area contributed by atoms with Gasteiger partial charge in [-0.05, 0) is 72.5 Å². The monoisotopic (exact) mass is 510 g/mol. The van der Waals surface area contributed by atoms with Crippen molar-refractivity contribution in [1.82, 2.24) is 0 Å². The van der Waals surface area contributed by atoms with Crippen LogP contribution in [0.4, 0.5) is 11.4 Å². The zero-order chi connectivity index (χ0) is 26.2. The molecule has 0 aromatic heterocycles. The predicted octanol–water partition coefficient (Wildman–Crippen LogP) is 7.29. The van der Waals surface area contributed by atoms with Crippen LogP contribution in [0.25, 0.3) is 0 Å². The summed E-state index contributed by atoms with van der Waals surface area (Å²) in [5.74, 6) is 0.336. The molecule has 0 heterocycles. The van der Waals surface area contributed by atoms with Gasteiger partial charge < -0.3 is 15.4 Å². The average molecular weight is 511 g/mol. The molecule has 5 nitrogen and oxygen atoms in total. The van der Waals surface area contributed by atoms with E-state index in [1.807, 2.05) is 79.7 Å². The smallest absolute Gasteiger partial charge is 0.255 e. The van der Waals surface area contributed by atoms with E-state index in [0.717, 1.165) is 33.7 Å². The number of hydrogen-bond acceptors (Lipinski definition) is 4. The van der Waals surface area contributed by atoms with Crippen LogP contribution in [0, 0.1) is 6.92 Å². The quantitative estimate of drug-likeness (QED) is 0.232. The molecule has 0 bridgehead atoms. The van der Waals surface area contributed by atoms with Gasteiger partial charge in [0.15, 0.2) is 0 Å². The van der Waals surface area contributed by atoms with Crippen molar-refractivity contribution in [2.45, 2.75) is 30.4 Å². The Kier molecular flexibility index (Phi) is 8.64. The van der Waals surface area contributed by atoms with Gasteiger partial charge in [-0.15, -0.1) is 11.8 Å². The summed E-state index contributed by atoms with van der Waals surface area (Å²) in [4.78, 5) is 27.1. The topological polar surface area (TPSA) is 67.4 Å². The van der Waals surface area contributed by atoms with Crippen LogP contribution in [0.5, 0.6) is 5.75 Å². The molecule has 0 fully saturated rings. The third-order valence-corrected chi connectivity index (χ3v) is 7.29. The number of hydrogen-bond donors (Lipinski definition) is 2. The Morgan fingerprint density at radius 2 is 1.59 bits per heavy atom. The van der Waals surface area contributed by atoms with Gasteiger partial charge in [0.25, 0.3) is 5.91 Å². The number of thioether (sulfide) groups is 1. The number of anilines is 2. The van der Waals surface area contributed by atoms with Gasteiger partial charge in [-0.1, -0.05) is 61.5 Å². The minimum atomic E-state index is -0.442. The molecule has 6 heteroatoms. The second kappa shape index (κ2) is 12.3. The fourth-order valence-corrected chi connectivity index (χ4v) is 5.04. The molecule has 1 atom stereocenters. The van der Waals surface area contributed by atoms with E-state index in [9.17, 15) is 9.59 Å². The van der Waals surface area contributed by atoms with E-state index in [1.165, 1.54) is 11.8 Å². The van der Waals surface area contributed by atoms with Crippen molar-refractivity contribution >= 4 is 35.0 Å². The first-order chi connectivity index (χ1) is 18.0. The van der Waals surface area contributed by atoms with Crippen molar-refractivity contribution in [3.8, 4) is 5.75 Å². The number of amides is 2. The summed E-state index contributed by atoms with van der Waals surface area (Å²) < 4.78 is 5.21. The third-order valence-electron chi connectivity index (χ3n) is 6.03. The number of rotatable bonds is 9. The van der Waals surface area contributed by atoms with Crippen LogP contribution < -0.4 is 15.4 Å². The van der Waals surface area contributed by atoms with Crippen LogP contribution in [0.2, 0.25) is 0 Å². The van der Waals surface area contributed by atoms with E-state index < -0.39 is 5.25 Å². The van der Waals surface area contributed by atoms with E-state index in [4.69, 9.17) is 4.74 Å². The van der Waals surface area contributed by atoms with Gasteiger partial charge in [-0.2, -0.15) is 0 Å². The summed E-state index contributed by atoms with van der Waals surface area (Å²) in [5.41, 5.74) is 5.15. The fraction of sp³-hybridized carbons (Fsp3) is 0.161. The number of methoxy groups -OCH3 is 1. The summed E-state index contributed by atoms with van der Waals surface area (Å²) >= 11 is 1.48. The lowest BCUT2D eigenvalue weighted by Crippen LogP contribution is -2.20. The normalized spacial score (nSPS) is 11.4. The highest BCUT2D eigenvalue weighted by Crippen LogP contribution is 2.37. The van der Waals surface area contributed by atoms with Crippen LogP contribution in [-0.2, 0) is 11.2 Å². The Labute approximate surface area is 222 Å². The number of aryl methyl sites for hydroxylation is 2. The molecule has 0 aliphatic heterocycles. The highest BCUT2D eigenvalue weighted by Gasteiger charge is 2.23. The zero-order valence-corrected chi connectivity index (χ0v) is 22.0. The zero-order valence-electron chi connectivity index (χ0n) is 21.2. The predicted molar refractivity (Wildman–Crippen MR) is 152 cm³/mol. The van der Waals surface area contributed by atoms with Crippen molar-refractivity contribution in [3.63, 3.8) is 0 Å². The first kappa shape index (κ1) is 26.0. The molecular weight excluding hydrogens is 480 g/mol. The first-order valence-corrected chi connectivity index (χ1v) is 13.0. The minimum Gasteiger partial charge on any atom is -0.497 e. The van der Waals surface area contributed by atoms with Crippen LogP contribution in [0.15, 0.2) is 102 Å². The van der Waals surface area contributed by atoms with Crippen LogP contribution in [0.3, 0.4) is 0 Å². The van der Waals surface area contributed by atoms with Crippen molar-refractivity contribution in [3.05, 3.63) is 119 Å². The lowest BCUT2D eigenvalue weighted by molar-refractivity contribution is -0.115. The molecule has 2 amide bonds. The molecule has 188 valence electrons. The molecule has 0 spiro atoms. The molecule has 0 aliphatic carbocycles.